The molecule has 0 spiro atoms. The lowest BCUT2D eigenvalue weighted by atomic mass is 9.82. The first kappa shape index (κ1) is 16.5. The van der Waals surface area contributed by atoms with Gasteiger partial charge in [-0.3, -0.25) is 9.59 Å². The molecule has 0 aliphatic heterocycles. The van der Waals surface area contributed by atoms with E-state index in [1.54, 1.807) is 19.1 Å². The third-order valence-electron chi connectivity index (χ3n) is 4.21. The lowest BCUT2D eigenvalue weighted by Crippen LogP contribution is -2.26. The maximum atomic E-state index is 11.7. The molecule has 4 nitrogen and oxygen atoms in total. The zero-order chi connectivity index (χ0) is 15.9. The summed E-state index contributed by atoms with van der Waals surface area (Å²) in [6.07, 6.45) is 3.76. The van der Waals surface area contributed by atoms with Crippen molar-refractivity contribution in [3.05, 3.63) is 29.8 Å². The molecule has 0 atom stereocenters. The second-order valence-corrected chi connectivity index (χ2v) is 5.86. The molecular formula is C18H24O4. The van der Waals surface area contributed by atoms with Crippen LogP contribution in [0, 0.1) is 11.8 Å². The standard InChI is InChI=1S/C18H24O4/c1-3-21-18(20)16-6-4-14(5-7-16)12-22-17-10-8-15(9-11-17)13(2)19/h8-11,14,16H,3-7,12H2,1-2H3. The molecule has 1 aliphatic rings. The molecule has 0 aromatic heterocycles. The summed E-state index contributed by atoms with van der Waals surface area (Å²) < 4.78 is 10.9. The van der Waals surface area contributed by atoms with Gasteiger partial charge in [-0.1, -0.05) is 0 Å². The molecule has 120 valence electrons. The zero-order valence-electron chi connectivity index (χ0n) is 13.3. The van der Waals surface area contributed by atoms with Gasteiger partial charge in [0.1, 0.15) is 5.75 Å². The predicted molar refractivity (Wildman–Crippen MR) is 84.0 cm³/mol. The number of rotatable bonds is 6. The molecule has 22 heavy (non-hydrogen) atoms. The lowest BCUT2D eigenvalue weighted by molar-refractivity contribution is -0.149. The van der Waals surface area contributed by atoms with Gasteiger partial charge in [-0.15, -0.1) is 0 Å². The van der Waals surface area contributed by atoms with Crippen molar-refractivity contribution < 1.29 is 19.1 Å². The van der Waals surface area contributed by atoms with Gasteiger partial charge in [-0.2, -0.15) is 0 Å². The third kappa shape index (κ3) is 4.58. The molecule has 4 heteroatoms. The molecule has 1 saturated carbocycles. The summed E-state index contributed by atoms with van der Waals surface area (Å²) in [5.41, 5.74) is 0.697. The normalized spacial score (nSPS) is 21.2. The number of Topliss-reactive ketones (excluding diaryl/α,β-unsaturated/α-hetero) is 1. The van der Waals surface area contributed by atoms with E-state index < -0.39 is 0 Å². The molecule has 0 unspecified atom stereocenters. The van der Waals surface area contributed by atoms with Crippen LogP contribution in [0.25, 0.3) is 0 Å². The van der Waals surface area contributed by atoms with Gasteiger partial charge in [0.05, 0.1) is 19.1 Å². The maximum absolute atomic E-state index is 11.7. The van der Waals surface area contributed by atoms with Gasteiger partial charge >= 0.3 is 5.97 Å². The third-order valence-corrected chi connectivity index (χ3v) is 4.21. The lowest BCUT2D eigenvalue weighted by Gasteiger charge is -2.27. The minimum absolute atomic E-state index is 0.0540. The Labute approximate surface area is 131 Å². The van der Waals surface area contributed by atoms with E-state index >= 15 is 0 Å². The SMILES string of the molecule is CCOC(=O)C1CCC(COc2ccc(C(C)=O)cc2)CC1. The summed E-state index contributed by atoms with van der Waals surface area (Å²) in [6.45, 7) is 4.51. The molecule has 0 N–H and O–H groups in total. The van der Waals surface area contributed by atoms with Crippen molar-refractivity contribution in [3.8, 4) is 5.75 Å². The highest BCUT2D eigenvalue weighted by Gasteiger charge is 2.27. The van der Waals surface area contributed by atoms with Crippen LogP contribution in [-0.2, 0) is 9.53 Å². The highest BCUT2D eigenvalue weighted by molar-refractivity contribution is 5.94. The molecule has 2 rings (SSSR count). The van der Waals surface area contributed by atoms with Crippen LogP contribution < -0.4 is 4.74 Å². The van der Waals surface area contributed by atoms with Crippen LogP contribution >= 0.6 is 0 Å². The van der Waals surface area contributed by atoms with Gasteiger partial charge in [-0.05, 0) is 69.7 Å². The van der Waals surface area contributed by atoms with Gasteiger partial charge in [-0.25, -0.2) is 0 Å². The Morgan fingerprint density at radius 2 is 1.73 bits per heavy atom. The zero-order valence-corrected chi connectivity index (χ0v) is 13.3. The second kappa shape index (κ2) is 7.97. The smallest absolute Gasteiger partial charge is 0.308 e. The highest BCUT2D eigenvalue weighted by atomic mass is 16.5. The van der Waals surface area contributed by atoms with Crippen molar-refractivity contribution >= 4 is 11.8 Å². The van der Waals surface area contributed by atoms with Gasteiger partial charge < -0.3 is 9.47 Å². The monoisotopic (exact) mass is 304 g/mol. The summed E-state index contributed by atoms with van der Waals surface area (Å²) >= 11 is 0. The average Bonchev–Trinajstić information content (AvgIpc) is 2.54. The van der Waals surface area contributed by atoms with Crippen molar-refractivity contribution in [1.29, 1.82) is 0 Å². The van der Waals surface area contributed by atoms with E-state index in [-0.39, 0.29) is 17.7 Å². The molecule has 0 bridgehead atoms. The Kier molecular flexibility index (Phi) is 5.99. The fourth-order valence-electron chi connectivity index (χ4n) is 2.82. The van der Waals surface area contributed by atoms with Gasteiger partial charge in [0, 0.05) is 5.56 Å². The molecule has 0 radical (unpaired) electrons. The van der Waals surface area contributed by atoms with Crippen LogP contribution in [0.5, 0.6) is 5.75 Å². The highest BCUT2D eigenvalue weighted by Crippen LogP contribution is 2.30. The Hall–Kier alpha value is -1.84. The fraction of sp³-hybridized carbons (Fsp3) is 0.556. The van der Waals surface area contributed by atoms with Gasteiger partial charge in [0.15, 0.2) is 5.78 Å². The van der Waals surface area contributed by atoms with Crippen molar-refractivity contribution in [2.45, 2.75) is 39.5 Å². The Morgan fingerprint density at radius 1 is 1.09 bits per heavy atom. The van der Waals surface area contributed by atoms with Crippen LogP contribution in [0.2, 0.25) is 0 Å². The number of esters is 1. The van der Waals surface area contributed by atoms with Crippen LogP contribution in [0.3, 0.4) is 0 Å². The summed E-state index contributed by atoms with van der Waals surface area (Å²) in [7, 11) is 0. The van der Waals surface area contributed by atoms with Crippen LogP contribution in [0.15, 0.2) is 24.3 Å². The number of hydrogen-bond donors (Lipinski definition) is 0. The van der Waals surface area contributed by atoms with Crippen LogP contribution in [0.1, 0.15) is 49.9 Å². The first-order chi connectivity index (χ1) is 10.6. The summed E-state index contributed by atoms with van der Waals surface area (Å²) in [5.74, 6) is 1.34. The summed E-state index contributed by atoms with van der Waals surface area (Å²) in [6, 6.07) is 7.24. The molecule has 0 amide bonds. The largest absolute Gasteiger partial charge is 0.493 e. The minimum atomic E-state index is -0.0540. The van der Waals surface area contributed by atoms with E-state index in [1.807, 2.05) is 19.1 Å². The topological polar surface area (TPSA) is 52.6 Å². The quantitative estimate of drug-likeness (QED) is 0.595. The number of carbonyl (C=O) groups excluding carboxylic acids is 2. The van der Waals surface area contributed by atoms with E-state index in [4.69, 9.17) is 9.47 Å². The predicted octanol–water partition coefficient (Wildman–Crippen LogP) is 3.64. The maximum Gasteiger partial charge on any atom is 0.308 e. The summed E-state index contributed by atoms with van der Waals surface area (Å²) in [5, 5.41) is 0. The van der Waals surface area contributed by atoms with E-state index in [0.717, 1.165) is 31.4 Å². The molecular weight excluding hydrogens is 280 g/mol. The Morgan fingerprint density at radius 3 is 2.27 bits per heavy atom. The number of carbonyl (C=O) groups is 2. The Balaban J connectivity index is 1.74. The van der Waals surface area contributed by atoms with Gasteiger partial charge in [0.2, 0.25) is 0 Å². The number of ether oxygens (including phenoxy) is 2. The molecule has 1 aliphatic carbocycles. The number of ketones is 1. The van der Waals surface area contributed by atoms with Gasteiger partial charge in [0.25, 0.3) is 0 Å². The van der Waals surface area contributed by atoms with E-state index in [0.29, 0.717) is 24.7 Å². The number of benzene rings is 1. The second-order valence-electron chi connectivity index (χ2n) is 5.86. The molecule has 1 aromatic rings. The average molecular weight is 304 g/mol. The molecule has 0 saturated heterocycles. The first-order valence-electron chi connectivity index (χ1n) is 8.00. The molecule has 0 heterocycles. The molecule has 1 fully saturated rings. The van der Waals surface area contributed by atoms with Crippen molar-refractivity contribution in [1.82, 2.24) is 0 Å². The van der Waals surface area contributed by atoms with Crippen molar-refractivity contribution in [3.63, 3.8) is 0 Å². The van der Waals surface area contributed by atoms with E-state index in [2.05, 4.69) is 0 Å². The van der Waals surface area contributed by atoms with E-state index in [9.17, 15) is 9.59 Å². The first-order valence-corrected chi connectivity index (χ1v) is 8.00. The fourth-order valence-corrected chi connectivity index (χ4v) is 2.82. The van der Waals surface area contributed by atoms with Crippen molar-refractivity contribution in [2.75, 3.05) is 13.2 Å². The Bertz CT molecular complexity index is 498. The minimum Gasteiger partial charge on any atom is -0.493 e. The van der Waals surface area contributed by atoms with Crippen molar-refractivity contribution in [2.24, 2.45) is 11.8 Å². The number of hydrogen-bond acceptors (Lipinski definition) is 4. The summed E-state index contributed by atoms with van der Waals surface area (Å²) in [4.78, 5) is 22.9. The molecule has 1 aromatic carbocycles. The van der Waals surface area contributed by atoms with Crippen LogP contribution in [-0.4, -0.2) is 25.0 Å². The van der Waals surface area contributed by atoms with Crippen LogP contribution in [0.4, 0.5) is 0 Å². The van der Waals surface area contributed by atoms with E-state index in [1.165, 1.54) is 0 Å².